The largest absolute Gasteiger partial charge is 0.384 e. The van der Waals surface area contributed by atoms with Crippen LogP contribution in [0.25, 0.3) is 33.7 Å². The summed E-state index contributed by atoms with van der Waals surface area (Å²) >= 11 is 0. The van der Waals surface area contributed by atoms with Gasteiger partial charge in [-0.15, -0.1) is 5.10 Å². The van der Waals surface area contributed by atoms with Crippen LogP contribution in [0.1, 0.15) is 11.5 Å². The summed E-state index contributed by atoms with van der Waals surface area (Å²) in [6.45, 7) is 2.48. The third-order valence-corrected chi connectivity index (χ3v) is 5.18. The highest BCUT2D eigenvalue weighted by molar-refractivity contribution is 5.90. The van der Waals surface area contributed by atoms with E-state index < -0.39 is 0 Å². The number of pyridine rings is 1. The maximum atomic E-state index is 13.6. The highest BCUT2D eigenvalue weighted by Gasteiger charge is 2.20. The van der Waals surface area contributed by atoms with E-state index in [0.29, 0.717) is 30.2 Å². The lowest BCUT2D eigenvalue weighted by atomic mass is 10.0. The summed E-state index contributed by atoms with van der Waals surface area (Å²) in [6.07, 6.45) is 4.35. The first-order valence-corrected chi connectivity index (χ1v) is 9.79. The minimum Gasteiger partial charge on any atom is -0.384 e. The number of rotatable bonds is 5. The van der Waals surface area contributed by atoms with Gasteiger partial charge in [0.15, 0.2) is 11.5 Å². The van der Waals surface area contributed by atoms with Crippen molar-refractivity contribution in [2.75, 3.05) is 19.5 Å². The van der Waals surface area contributed by atoms with Gasteiger partial charge >= 0.3 is 0 Å². The molecule has 0 aliphatic carbocycles. The van der Waals surface area contributed by atoms with Crippen molar-refractivity contribution >= 4 is 17.2 Å². The Morgan fingerprint density at radius 2 is 1.84 bits per heavy atom. The normalized spacial score (nSPS) is 11.6. The summed E-state index contributed by atoms with van der Waals surface area (Å²) in [4.78, 5) is 13.8. The first kappa shape index (κ1) is 19.1. The Kier molecular flexibility index (Phi) is 4.59. The molecule has 0 aliphatic heterocycles. The summed E-state index contributed by atoms with van der Waals surface area (Å²) in [5, 5.41) is 4.51. The second-order valence-electron chi connectivity index (χ2n) is 7.25. The molecule has 0 fully saturated rings. The van der Waals surface area contributed by atoms with Gasteiger partial charge in [0, 0.05) is 42.7 Å². The Hall–Kier alpha value is -3.85. The number of nitrogens with zero attached hydrogens (tertiary/aromatic N) is 6. The number of hydrogen-bond acceptors (Lipinski definition) is 6. The number of halogens is 1. The second-order valence-corrected chi connectivity index (χ2v) is 7.25. The van der Waals surface area contributed by atoms with Crippen molar-refractivity contribution in [3.63, 3.8) is 0 Å². The van der Waals surface area contributed by atoms with Gasteiger partial charge in [0.2, 0.25) is 5.95 Å². The van der Waals surface area contributed by atoms with Gasteiger partial charge in [0.05, 0.1) is 17.9 Å². The zero-order chi connectivity index (χ0) is 21.5. The van der Waals surface area contributed by atoms with Crippen LogP contribution in [0.15, 0.2) is 48.8 Å². The molecule has 8 nitrogen and oxygen atoms in total. The minimum absolute atomic E-state index is 0.203. The Bertz CT molecular complexity index is 1410. The number of aryl methyl sites for hydroxylation is 1. The van der Waals surface area contributed by atoms with E-state index in [9.17, 15) is 4.39 Å². The zero-order valence-corrected chi connectivity index (χ0v) is 17.1. The molecule has 31 heavy (non-hydrogen) atoms. The Morgan fingerprint density at radius 1 is 1.06 bits per heavy atom. The highest BCUT2D eigenvalue weighted by atomic mass is 19.1. The topological polar surface area (TPSA) is 95.6 Å². The van der Waals surface area contributed by atoms with E-state index in [1.807, 2.05) is 35.9 Å². The van der Waals surface area contributed by atoms with Crippen LogP contribution < -0.4 is 5.73 Å². The van der Waals surface area contributed by atoms with Gasteiger partial charge in [-0.1, -0.05) is 0 Å². The molecule has 4 heterocycles. The smallest absolute Gasteiger partial charge is 0.223 e. The van der Waals surface area contributed by atoms with E-state index in [1.54, 1.807) is 19.2 Å². The highest BCUT2D eigenvalue weighted by Crippen LogP contribution is 2.35. The van der Waals surface area contributed by atoms with Crippen LogP contribution in [0.4, 0.5) is 10.3 Å². The molecule has 0 atom stereocenters. The number of nitrogen functional groups attached to an aromatic ring is 1. The van der Waals surface area contributed by atoms with E-state index in [0.717, 1.165) is 28.0 Å². The van der Waals surface area contributed by atoms with Crippen LogP contribution in [0.2, 0.25) is 0 Å². The minimum atomic E-state index is -0.320. The molecule has 0 bridgehead atoms. The fourth-order valence-corrected chi connectivity index (χ4v) is 3.63. The van der Waals surface area contributed by atoms with Crippen LogP contribution in [-0.2, 0) is 11.2 Å². The average Bonchev–Trinajstić information content (AvgIpc) is 3.37. The SMILES string of the molecule is COCCc1nc2c(-c3ccc4ncc(C)n4c3)c(-c3ccc(F)cc3)nc(N)n2n1. The van der Waals surface area contributed by atoms with Crippen molar-refractivity contribution in [2.45, 2.75) is 13.3 Å². The molecular weight excluding hydrogens is 397 g/mol. The Balaban J connectivity index is 1.82. The number of nitrogens with two attached hydrogens (primary N) is 1. The lowest BCUT2D eigenvalue weighted by Crippen LogP contribution is -2.06. The molecule has 0 saturated carbocycles. The number of hydrogen-bond donors (Lipinski definition) is 1. The van der Waals surface area contributed by atoms with Crippen molar-refractivity contribution in [3.8, 4) is 22.4 Å². The van der Waals surface area contributed by atoms with E-state index in [-0.39, 0.29) is 11.8 Å². The fourth-order valence-electron chi connectivity index (χ4n) is 3.63. The van der Waals surface area contributed by atoms with Crippen LogP contribution in [0.3, 0.4) is 0 Å². The molecular formula is C22H20FN7O. The summed E-state index contributed by atoms with van der Waals surface area (Å²) in [5.41, 5.74) is 11.6. The molecule has 2 N–H and O–H groups in total. The maximum Gasteiger partial charge on any atom is 0.223 e. The van der Waals surface area contributed by atoms with Gasteiger partial charge in [-0.3, -0.25) is 0 Å². The Labute approximate surface area is 177 Å². The van der Waals surface area contributed by atoms with Gasteiger partial charge in [-0.05, 0) is 43.3 Å². The van der Waals surface area contributed by atoms with Gasteiger partial charge in [0.25, 0.3) is 0 Å². The molecule has 1 aromatic carbocycles. The predicted octanol–water partition coefficient (Wildman–Crippen LogP) is 3.32. The first-order chi connectivity index (χ1) is 15.0. The van der Waals surface area contributed by atoms with Gasteiger partial charge in [-0.2, -0.15) is 4.52 Å². The molecule has 156 valence electrons. The number of methoxy groups -OCH3 is 1. The van der Waals surface area contributed by atoms with Gasteiger partial charge in [0.1, 0.15) is 11.5 Å². The number of ether oxygens (including phenoxy) is 1. The lowest BCUT2D eigenvalue weighted by Gasteiger charge is -2.12. The number of anilines is 1. The van der Waals surface area contributed by atoms with Crippen LogP contribution in [0, 0.1) is 12.7 Å². The van der Waals surface area contributed by atoms with E-state index in [4.69, 9.17) is 15.5 Å². The van der Waals surface area contributed by atoms with Crippen molar-refractivity contribution in [1.82, 2.24) is 29.0 Å². The molecule has 0 aliphatic rings. The third kappa shape index (κ3) is 3.28. The first-order valence-electron chi connectivity index (χ1n) is 9.79. The molecule has 9 heteroatoms. The maximum absolute atomic E-state index is 13.6. The van der Waals surface area contributed by atoms with Crippen molar-refractivity contribution in [3.05, 3.63) is 66.1 Å². The van der Waals surface area contributed by atoms with Crippen molar-refractivity contribution < 1.29 is 9.13 Å². The number of benzene rings is 1. The zero-order valence-electron chi connectivity index (χ0n) is 17.1. The molecule has 0 unspecified atom stereocenters. The molecule has 0 amide bonds. The van der Waals surface area contributed by atoms with Gasteiger partial charge in [-0.25, -0.2) is 19.3 Å². The number of imidazole rings is 1. The van der Waals surface area contributed by atoms with Crippen LogP contribution in [-0.4, -0.2) is 42.7 Å². The van der Waals surface area contributed by atoms with Crippen molar-refractivity contribution in [2.24, 2.45) is 0 Å². The van der Waals surface area contributed by atoms with Gasteiger partial charge < -0.3 is 14.9 Å². The molecule has 4 aromatic heterocycles. The average molecular weight is 417 g/mol. The lowest BCUT2D eigenvalue weighted by molar-refractivity contribution is 0.200. The molecule has 5 aromatic rings. The van der Waals surface area contributed by atoms with E-state index in [2.05, 4.69) is 15.1 Å². The summed E-state index contributed by atoms with van der Waals surface area (Å²) < 4.78 is 22.3. The second kappa shape index (κ2) is 7.44. The van der Waals surface area contributed by atoms with Crippen molar-refractivity contribution in [1.29, 1.82) is 0 Å². The number of fused-ring (bicyclic) bond motifs is 2. The van der Waals surface area contributed by atoms with E-state index in [1.165, 1.54) is 16.6 Å². The molecule has 5 rings (SSSR count). The standard InChI is InChI=1S/C22H20FN7O/c1-13-11-25-18-8-5-15(12-29(13)18)19-20(14-3-6-16(23)7-4-14)27-22(24)30-21(19)26-17(28-30)9-10-31-2/h3-8,11-12H,9-10H2,1-2H3,(H2,24,27). The summed E-state index contributed by atoms with van der Waals surface area (Å²) in [7, 11) is 1.63. The van der Waals surface area contributed by atoms with Crippen LogP contribution >= 0.6 is 0 Å². The predicted molar refractivity (Wildman–Crippen MR) is 115 cm³/mol. The monoisotopic (exact) mass is 417 g/mol. The summed E-state index contributed by atoms with van der Waals surface area (Å²) in [6, 6.07) is 10.1. The van der Waals surface area contributed by atoms with E-state index >= 15 is 0 Å². The third-order valence-electron chi connectivity index (χ3n) is 5.18. The molecule has 0 spiro atoms. The fraction of sp³-hybridized carbons (Fsp3) is 0.182. The molecule has 0 saturated heterocycles. The van der Waals surface area contributed by atoms with Crippen LogP contribution in [0.5, 0.6) is 0 Å². The molecule has 0 radical (unpaired) electrons. The summed E-state index contributed by atoms with van der Waals surface area (Å²) in [5.74, 6) is 0.487. The number of aromatic nitrogens is 6. The Morgan fingerprint density at radius 3 is 2.61 bits per heavy atom. The quantitative estimate of drug-likeness (QED) is 0.471.